The summed E-state index contributed by atoms with van der Waals surface area (Å²) in [5.74, 6) is 0. The summed E-state index contributed by atoms with van der Waals surface area (Å²) in [4.78, 5) is 4.30. The van der Waals surface area contributed by atoms with Crippen molar-refractivity contribution in [1.29, 1.82) is 0 Å². The molecule has 22 heavy (non-hydrogen) atoms. The van der Waals surface area contributed by atoms with Gasteiger partial charge in [0.25, 0.3) is 0 Å². The zero-order valence-corrected chi connectivity index (χ0v) is 12.9. The number of rotatable bonds is 5. The zero-order valence-electron chi connectivity index (χ0n) is 12.1. The van der Waals surface area contributed by atoms with Crippen molar-refractivity contribution in [3.05, 3.63) is 60.0 Å². The molecule has 0 amide bonds. The van der Waals surface area contributed by atoms with Crippen LogP contribution in [-0.4, -0.2) is 13.4 Å². The zero-order chi connectivity index (χ0) is 15.6. The van der Waals surface area contributed by atoms with Crippen LogP contribution in [0.25, 0.3) is 11.1 Å². The van der Waals surface area contributed by atoms with Gasteiger partial charge in [-0.3, -0.25) is 0 Å². The Balaban J connectivity index is 1.75. The van der Waals surface area contributed by atoms with E-state index in [0.717, 1.165) is 23.1 Å². The number of aromatic nitrogens is 1. The second kappa shape index (κ2) is 5.90. The van der Waals surface area contributed by atoms with E-state index in [-0.39, 0.29) is 11.4 Å². The Hall–Kier alpha value is -2.18. The Morgan fingerprint density at radius 3 is 2.55 bits per heavy atom. The van der Waals surface area contributed by atoms with Gasteiger partial charge in [-0.1, -0.05) is 25.1 Å². The molecule has 3 rings (SSSR count). The quantitative estimate of drug-likeness (QED) is 0.785. The molecular weight excluding hydrogens is 300 g/mol. The van der Waals surface area contributed by atoms with Gasteiger partial charge in [-0.2, -0.15) is 0 Å². The van der Waals surface area contributed by atoms with Crippen molar-refractivity contribution in [1.82, 2.24) is 9.71 Å². The standard InChI is InChI=1S/C16H16N2O3S/c1-2-12-3-6-14(7-4-12)22(19,20)18-10-13-5-8-15-16(9-13)21-11-17-15/h3-9,11,18H,2,10H2,1H3. The highest BCUT2D eigenvalue weighted by atomic mass is 32.2. The Morgan fingerprint density at radius 1 is 1.09 bits per heavy atom. The molecule has 0 saturated carbocycles. The minimum atomic E-state index is -3.52. The number of nitrogens with zero attached hydrogens (tertiary/aromatic N) is 1. The lowest BCUT2D eigenvalue weighted by molar-refractivity contribution is 0.580. The maximum Gasteiger partial charge on any atom is 0.240 e. The third-order valence-corrected chi connectivity index (χ3v) is 4.92. The molecule has 2 aromatic carbocycles. The van der Waals surface area contributed by atoms with Crippen LogP contribution in [0.1, 0.15) is 18.1 Å². The van der Waals surface area contributed by atoms with E-state index in [4.69, 9.17) is 4.42 Å². The highest BCUT2D eigenvalue weighted by Crippen LogP contribution is 2.15. The normalized spacial score (nSPS) is 11.9. The molecule has 0 aliphatic carbocycles. The molecule has 0 radical (unpaired) electrons. The predicted molar refractivity (Wildman–Crippen MR) is 83.9 cm³/mol. The minimum absolute atomic E-state index is 0.203. The fraction of sp³-hybridized carbons (Fsp3) is 0.188. The van der Waals surface area contributed by atoms with Crippen LogP contribution in [-0.2, 0) is 23.0 Å². The van der Waals surface area contributed by atoms with Gasteiger partial charge in [-0.25, -0.2) is 18.1 Å². The lowest BCUT2D eigenvalue weighted by Gasteiger charge is -2.07. The average molecular weight is 316 g/mol. The van der Waals surface area contributed by atoms with Gasteiger partial charge in [-0.15, -0.1) is 0 Å². The van der Waals surface area contributed by atoms with E-state index in [1.165, 1.54) is 6.39 Å². The molecule has 0 aliphatic rings. The summed E-state index contributed by atoms with van der Waals surface area (Å²) >= 11 is 0. The van der Waals surface area contributed by atoms with Crippen molar-refractivity contribution in [3.63, 3.8) is 0 Å². The average Bonchev–Trinajstić information content (AvgIpc) is 3.01. The highest BCUT2D eigenvalue weighted by molar-refractivity contribution is 7.89. The largest absolute Gasteiger partial charge is 0.443 e. The van der Waals surface area contributed by atoms with Gasteiger partial charge in [0.1, 0.15) is 5.52 Å². The minimum Gasteiger partial charge on any atom is -0.443 e. The van der Waals surface area contributed by atoms with E-state index in [9.17, 15) is 8.42 Å². The van der Waals surface area contributed by atoms with E-state index in [1.807, 2.05) is 25.1 Å². The van der Waals surface area contributed by atoms with Crippen LogP contribution in [0, 0.1) is 0 Å². The van der Waals surface area contributed by atoms with Crippen LogP contribution in [0.2, 0.25) is 0 Å². The molecule has 0 bridgehead atoms. The van der Waals surface area contributed by atoms with Crippen LogP contribution in [0.4, 0.5) is 0 Å². The number of hydrogen-bond donors (Lipinski definition) is 1. The van der Waals surface area contributed by atoms with Crippen molar-refractivity contribution >= 4 is 21.1 Å². The molecule has 3 aromatic rings. The molecule has 1 heterocycles. The third kappa shape index (κ3) is 3.03. The number of fused-ring (bicyclic) bond motifs is 1. The number of oxazole rings is 1. The van der Waals surface area contributed by atoms with Gasteiger partial charge in [0.15, 0.2) is 12.0 Å². The second-order valence-electron chi connectivity index (χ2n) is 4.98. The SMILES string of the molecule is CCc1ccc(S(=O)(=O)NCc2ccc3ncoc3c2)cc1. The second-order valence-corrected chi connectivity index (χ2v) is 6.74. The first-order valence-corrected chi connectivity index (χ1v) is 8.47. The van der Waals surface area contributed by atoms with Gasteiger partial charge in [0.05, 0.1) is 4.90 Å². The molecule has 114 valence electrons. The van der Waals surface area contributed by atoms with Gasteiger partial charge in [-0.05, 0) is 41.8 Å². The van der Waals surface area contributed by atoms with Gasteiger partial charge < -0.3 is 4.42 Å². The lowest BCUT2D eigenvalue weighted by atomic mass is 10.2. The molecule has 0 spiro atoms. The number of benzene rings is 2. The van der Waals surface area contributed by atoms with Crippen LogP contribution < -0.4 is 4.72 Å². The van der Waals surface area contributed by atoms with Crippen molar-refractivity contribution in [2.75, 3.05) is 0 Å². The van der Waals surface area contributed by atoms with Gasteiger partial charge in [0.2, 0.25) is 10.0 Å². The van der Waals surface area contributed by atoms with Crippen LogP contribution in [0.15, 0.2) is 58.2 Å². The smallest absolute Gasteiger partial charge is 0.240 e. The van der Waals surface area contributed by atoms with Crippen molar-refractivity contribution < 1.29 is 12.8 Å². The highest BCUT2D eigenvalue weighted by Gasteiger charge is 2.13. The van der Waals surface area contributed by atoms with Crippen LogP contribution in [0.5, 0.6) is 0 Å². The summed E-state index contributed by atoms with van der Waals surface area (Å²) in [5, 5.41) is 0. The Kier molecular flexibility index (Phi) is 3.96. The molecule has 0 fully saturated rings. The summed E-state index contributed by atoms with van der Waals surface area (Å²) in [6, 6.07) is 12.3. The third-order valence-electron chi connectivity index (χ3n) is 3.50. The maximum absolute atomic E-state index is 12.3. The summed E-state index contributed by atoms with van der Waals surface area (Å²) in [7, 11) is -3.52. The first kappa shape index (κ1) is 14.7. The number of hydrogen-bond acceptors (Lipinski definition) is 4. The number of nitrogens with one attached hydrogen (secondary N) is 1. The Labute approximate surface area is 129 Å². The fourth-order valence-electron chi connectivity index (χ4n) is 2.18. The van der Waals surface area contributed by atoms with E-state index in [0.29, 0.717) is 5.58 Å². The molecule has 0 aliphatic heterocycles. The van der Waals surface area contributed by atoms with Crippen molar-refractivity contribution in [2.45, 2.75) is 24.8 Å². The van der Waals surface area contributed by atoms with E-state index in [1.54, 1.807) is 24.3 Å². The van der Waals surface area contributed by atoms with Crippen molar-refractivity contribution in [3.8, 4) is 0 Å². The molecule has 0 atom stereocenters. The summed E-state index contributed by atoms with van der Waals surface area (Å²) in [6.07, 6.45) is 2.25. The van der Waals surface area contributed by atoms with Crippen LogP contribution in [0.3, 0.4) is 0 Å². The first-order valence-electron chi connectivity index (χ1n) is 6.99. The van der Waals surface area contributed by atoms with E-state index in [2.05, 4.69) is 9.71 Å². The maximum atomic E-state index is 12.3. The molecule has 0 unspecified atom stereocenters. The van der Waals surface area contributed by atoms with E-state index >= 15 is 0 Å². The molecule has 0 saturated heterocycles. The van der Waals surface area contributed by atoms with Gasteiger partial charge >= 0.3 is 0 Å². The molecule has 5 nitrogen and oxygen atoms in total. The molecular formula is C16H16N2O3S. The van der Waals surface area contributed by atoms with Crippen LogP contribution >= 0.6 is 0 Å². The molecule has 6 heteroatoms. The van der Waals surface area contributed by atoms with Crippen molar-refractivity contribution in [2.24, 2.45) is 0 Å². The fourth-order valence-corrected chi connectivity index (χ4v) is 3.19. The Morgan fingerprint density at radius 2 is 1.82 bits per heavy atom. The summed E-state index contributed by atoms with van der Waals surface area (Å²) < 4.78 is 32.4. The predicted octanol–water partition coefficient (Wildman–Crippen LogP) is 2.87. The first-order chi connectivity index (χ1) is 10.6. The van der Waals surface area contributed by atoms with E-state index < -0.39 is 10.0 Å². The Bertz CT molecular complexity index is 883. The van der Waals surface area contributed by atoms with Gasteiger partial charge in [0, 0.05) is 6.54 Å². The molecule has 1 aromatic heterocycles. The number of aryl methyl sites for hydroxylation is 1. The number of sulfonamides is 1. The molecule has 1 N–H and O–H groups in total. The summed E-state index contributed by atoms with van der Waals surface area (Å²) in [5.41, 5.74) is 3.32. The topological polar surface area (TPSA) is 72.2 Å². The lowest BCUT2D eigenvalue weighted by Crippen LogP contribution is -2.23. The summed E-state index contributed by atoms with van der Waals surface area (Å²) in [6.45, 7) is 2.23. The monoisotopic (exact) mass is 316 g/mol.